The first-order valence-corrected chi connectivity index (χ1v) is 19.1. The van der Waals surface area contributed by atoms with Crippen molar-refractivity contribution in [3.63, 3.8) is 0 Å². The number of rotatable bonds is 10. The van der Waals surface area contributed by atoms with Gasteiger partial charge < -0.3 is 30.2 Å². The number of aryl methyl sites for hydroxylation is 1. The lowest BCUT2D eigenvalue weighted by molar-refractivity contribution is -0.146. The molecule has 2 saturated heterocycles. The van der Waals surface area contributed by atoms with Crippen LogP contribution in [0.5, 0.6) is 0 Å². The fourth-order valence-electron chi connectivity index (χ4n) is 7.60. The maximum absolute atomic E-state index is 14.7. The van der Waals surface area contributed by atoms with Gasteiger partial charge >= 0.3 is 0 Å². The van der Waals surface area contributed by atoms with E-state index in [-0.39, 0.29) is 35.8 Å². The second-order valence-corrected chi connectivity index (χ2v) is 17.2. The second-order valence-electron chi connectivity index (χ2n) is 13.2. The molecule has 2 amide bonds. The number of ether oxygens (including phenoxy) is 1. The number of anilines is 2. The molecule has 5 atom stereocenters. The molecule has 6 rings (SSSR count). The van der Waals surface area contributed by atoms with Gasteiger partial charge in [0.1, 0.15) is 0 Å². The molecule has 45 heavy (non-hydrogen) atoms. The van der Waals surface area contributed by atoms with E-state index < -0.39 is 20.0 Å². The molecule has 2 fully saturated rings. The number of piperidine rings is 1. The van der Waals surface area contributed by atoms with Crippen molar-refractivity contribution in [2.24, 2.45) is 11.8 Å². The summed E-state index contributed by atoms with van der Waals surface area (Å²) in [6.07, 6.45) is 4.16. The summed E-state index contributed by atoms with van der Waals surface area (Å²) in [5, 5.41) is 24.0. The van der Waals surface area contributed by atoms with E-state index in [1.807, 2.05) is 74.7 Å². The molecule has 0 saturated carbocycles. The highest BCUT2D eigenvalue weighted by atomic mass is 28.4. The number of aliphatic hydroxyl groups excluding tert-OH is 1. The van der Waals surface area contributed by atoms with Crippen molar-refractivity contribution in [2.45, 2.75) is 76.0 Å². The van der Waals surface area contributed by atoms with Gasteiger partial charge in [0.15, 0.2) is 13.9 Å². The Labute approximate surface area is 265 Å². The number of benzene rings is 2. The van der Waals surface area contributed by atoms with Crippen LogP contribution in [0.4, 0.5) is 11.4 Å². The zero-order chi connectivity index (χ0) is 31.8. The van der Waals surface area contributed by atoms with Gasteiger partial charge in [-0.1, -0.05) is 42.5 Å². The van der Waals surface area contributed by atoms with Gasteiger partial charge in [0, 0.05) is 55.0 Å². The molecule has 0 aliphatic carbocycles. The number of nitrogens with one attached hydrogen (secondary N) is 2. The van der Waals surface area contributed by atoms with Crippen LogP contribution in [0.2, 0.25) is 18.6 Å². The molecular weight excluding hydrogens is 588 g/mol. The number of carbonyl (C=O) groups is 2. The largest absolute Gasteiger partial charge is 0.432 e. The Morgan fingerprint density at radius 2 is 2.02 bits per heavy atom. The predicted molar refractivity (Wildman–Crippen MR) is 173 cm³/mol. The number of amides is 2. The first-order chi connectivity index (χ1) is 21.6. The van der Waals surface area contributed by atoms with Crippen molar-refractivity contribution in [2.75, 3.05) is 29.9 Å². The highest BCUT2D eigenvalue weighted by Gasteiger charge is 2.66. The standard InChI is InChI=1S/C33H44N6O5Si/c1-22-30(45(2,3)43)29(13-16-38-21-26(14-17-40)36-37-38)44-33(22)27-18-25(35-31(41)24-10-7-15-34-19-24)11-12-28(27)39(32(33)42)20-23-8-5-4-6-9-23/h4-6,8-9,11-12,18,21-22,24,29-30,34,40,43H,7,10,13-17,19-20H2,1-3H3,(H,35,41)/t22-,24?,29+,30-,33+/m0/s1. The van der Waals surface area contributed by atoms with Crippen LogP contribution in [0.3, 0.4) is 0 Å². The minimum atomic E-state index is -2.85. The summed E-state index contributed by atoms with van der Waals surface area (Å²) in [6.45, 7) is 8.29. The summed E-state index contributed by atoms with van der Waals surface area (Å²) >= 11 is 0. The lowest BCUT2D eigenvalue weighted by Gasteiger charge is -2.32. The van der Waals surface area contributed by atoms with Gasteiger partial charge in [0.2, 0.25) is 5.91 Å². The third kappa shape index (κ3) is 6.09. The average molecular weight is 633 g/mol. The number of fused-ring (bicyclic) bond motifs is 2. The molecule has 3 aliphatic heterocycles. The third-order valence-electron chi connectivity index (χ3n) is 9.70. The molecule has 0 radical (unpaired) electrons. The molecule has 2 aromatic carbocycles. The minimum Gasteiger partial charge on any atom is -0.432 e. The average Bonchev–Trinajstić information content (AvgIpc) is 3.67. The van der Waals surface area contributed by atoms with Gasteiger partial charge in [-0.2, -0.15) is 0 Å². The highest BCUT2D eigenvalue weighted by Crippen LogP contribution is 2.60. The summed E-state index contributed by atoms with van der Waals surface area (Å²) < 4.78 is 8.71. The number of hydrogen-bond donors (Lipinski definition) is 4. The molecular formula is C33H44N6O5Si. The zero-order valence-electron chi connectivity index (χ0n) is 26.3. The SMILES string of the molecule is C[C@H]1[C@H]([Si](C)(C)O)[C@@H](CCn2cc(CCO)nn2)O[C@]12C(=O)N(Cc1ccccc1)c1ccc(NC(=O)C3CCCNC3)cc12. The van der Waals surface area contributed by atoms with Crippen LogP contribution in [-0.2, 0) is 39.4 Å². The molecule has 1 unspecified atom stereocenters. The van der Waals surface area contributed by atoms with Gasteiger partial charge in [0.25, 0.3) is 5.91 Å². The Balaban J connectivity index is 1.36. The number of aliphatic hydroxyl groups is 1. The van der Waals surface area contributed by atoms with E-state index in [9.17, 15) is 19.5 Å². The van der Waals surface area contributed by atoms with Gasteiger partial charge in [-0.05, 0) is 62.7 Å². The van der Waals surface area contributed by atoms with E-state index in [1.54, 1.807) is 9.58 Å². The molecule has 1 aromatic heterocycles. The number of hydrogen-bond acceptors (Lipinski definition) is 8. The number of nitrogens with zero attached hydrogens (tertiary/aromatic N) is 4. The molecule has 12 heteroatoms. The Morgan fingerprint density at radius 3 is 2.73 bits per heavy atom. The molecule has 0 bridgehead atoms. The first-order valence-electron chi connectivity index (χ1n) is 16.0. The van der Waals surface area contributed by atoms with E-state index in [2.05, 4.69) is 20.9 Å². The summed E-state index contributed by atoms with van der Waals surface area (Å²) in [4.78, 5) is 41.4. The van der Waals surface area contributed by atoms with Crippen LogP contribution in [0.15, 0.2) is 54.7 Å². The van der Waals surface area contributed by atoms with Crippen molar-refractivity contribution in [3.8, 4) is 0 Å². The normalized spacial score (nSPS) is 26.4. The quantitative estimate of drug-likeness (QED) is 0.250. The van der Waals surface area contributed by atoms with Crippen LogP contribution in [0, 0.1) is 11.8 Å². The molecule has 240 valence electrons. The van der Waals surface area contributed by atoms with Crippen LogP contribution >= 0.6 is 0 Å². The molecule has 11 nitrogen and oxygen atoms in total. The van der Waals surface area contributed by atoms with Crippen molar-refractivity contribution < 1.29 is 24.2 Å². The Bertz CT molecular complexity index is 1520. The van der Waals surface area contributed by atoms with Crippen LogP contribution in [-0.4, -0.2) is 70.8 Å². The maximum atomic E-state index is 14.7. The van der Waals surface area contributed by atoms with Gasteiger partial charge in [-0.15, -0.1) is 5.10 Å². The monoisotopic (exact) mass is 632 g/mol. The fourth-order valence-corrected chi connectivity index (χ4v) is 10.2. The Kier molecular flexibility index (Phi) is 8.95. The molecule has 4 N–H and O–H groups in total. The predicted octanol–water partition coefficient (Wildman–Crippen LogP) is 3.19. The van der Waals surface area contributed by atoms with Crippen LogP contribution in [0.1, 0.15) is 43.0 Å². The molecule has 4 heterocycles. The van der Waals surface area contributed by atoms with E-state index in [4.69, 9.17) is 4.74 Å². The topological polar surface area (TPSA) is 142 Å². The summed E-state index contributed by atoms with van der Waals surface area (Å²) in [5.41, 5.74) is 2.27. The van der Waals surface area contributed by atoms with Gasteiger partial charge in [-0.3, -0.25) is 14.3 Å². The Hall–Kier alpha value is -3.42. The maximum Gasteiger partial charge on any atom is 0.264 e. The summed E-state index contributed by atoms with van der Waals surface area (Å²) in [5.74, 6) is -0.612. The van der Waals surface area contributed by atoms with Crippen molar-refractivity contribution in [3.05, 3.63) is 71.5 Å². The van der Waals surface area contributed by atoms with E-state index in [1.165, 1.54) is 0 Å². The number of carbonyl (C=O) groups excluding carboxylic acids is 2. The Morgan fingerprint density at radius 1 is 1.22 bits per heavy atom. The molecule has 3 aromatic rings. The highest BCUT2D eigenvalue weighted by molar-refractivity contribution is 6.71. The lowest BCUT2D eigenvalue weighted by atomic mass is 9.82. The van der Waals surface area contributed by atoms with Gasteiger partial charge in [-0.25, -0.2) is 0 Å². The first kappa shape index (κ1) is 31.6. The fraction of sp³-hybridized carbons (Fsp3) is 0.515. The minimum absolute atomic E-state index is 0.00215. The van der Waals surface area contributed by atoms with E-state index >= 15 is 0 Å². The van der Waals surface area contributed by atoms with Crippen molar-refractivity contribution >= 4 is 31.5 Å². The van der Waals surface area contributed by atoms with E-state index in [0.29, 0.717) is 43.9 Å². The van der Waals surface area contributed by atoms with Crippen molar-refractivity contribution in [1.29, 1.82) is 0 Å². The summed E-state index contributed by atoms with van der Waals surface area (Å²) in [6, 6.07) is 15.6. The van der Waals surface area contributed by atoms with Crippen LogP contribution < -0.4 is 15.5 Å². The zero-order valence-corrected chi connectivity index (χ0v) is 27.3. The lowest BCUT2D eigenvalue weighted by Crippen LogP contribution is -2.46. The van der Waals surface area contributed by atoms with E-state index in [0.717, 1.165) is 36.2 Å². The third-order valence-corrected chi connectivity index (χ3v) is 12.2. The molecule has 1 spiro atoms. The summed E-state index contributed by atoms with van der Waals surface area (Å²) in [7, 11) is -2.85. The number of aromatic nitrogens is 3. The smallest absolute Gasteiger partial charge is 0.264 e. The van der Waals surface area contributed by atoms with Crippen LogP contribution in [0.25, 0.3) is 0 Å². The second kappa shape index (κ2) is 12.8. The van der Waals surface area contributed by atoms with Crippen molar-refractivity contribution in [1.82, 2.24) is 20.3 Å². The molecule has 3 aliphatic rings. The van der Waals surface area contributed by atoms with Gasteiger partial charge in [0.05, 0.1) is 29.9 Å².